The summed E-state index contributed by atoms with van der Waals surface area (Å²) in [4.78, 5) is 1.32. The van der Waals surface area contributed by atoms with E-state index in [-0.39, 0.29) is 6.04 Å². The molecule has 4 heteroatoms. The normalized spacial score (nSPS) is 17.7. The van der Waals surface area contributed by atoms with Crippen LogP contribution in [0.5, 0.6) is 0 Å². The van der Waals surface area contributed by atoms with Crippen LogP contribution in [0.3, 0.4) is 0 Å². The second-order valence-corrected chi connectivity index (χ2v) is 6.65. The molecule has 2 heterocycles. The van der Waals surface area contributed by atoms with Crippen LogP contribution in [0.25, 0.3) is 0 Å². The first-order valence-corrected chi connectivity index (χ1v) is 8.51. The average Bonchev–Trinajstić information content (AvgIpc) is 3.19. The Kier molecular flexibility index (Phi) is 4.22. The van der Waals surface area contributed by atoms with Crippen LogP contribution in [0.15, 0.2) is 23.7 Å². The summed E-state index contributed by atoms with van der Waals surface area (Å²) in [7, 11) is 0. The summed E-state index contributed by atoms with van der Waals surface area (Å²) in [5, 5.41) is 6.88. The molecule has 108 valence electrons. The predicted octanol–water partition coefficient (Wildman–Crippen LogP) is 3.86. The van der Waals surface area contributed by atoms with E-state index in [1.54, 1.807) is 11.3 Å². The number of nitrogens with two attached hydrogens (primary N) is 1. The zero-order valence-electron chi connectivity index (χ0n) is 12.1. The summed E-state index contributed by atoms with van der Waals surface area (Å²) in [6.07, 6.45) is 9.27. The summed E-state index contributed by atoms with van der Waals surface area (Å²) < 4.78 is 2.16. The van der Waals surface area contributed by atoms with Crippen LogP contribution in [0.4, 0.5) is 0 Å². The number of aryl methyl sites for hydroxylation is 1. The Labute approximate surface area is 124 Å². The van der Waals surface area contributed by atoms with Gasteiger partial charge in [-0.15, -0.1) is 11.3 Å². The highest BCUT2D eigenvalue weighted by Crippen LogP contribution is 2.30. The standard InChI is InChI=1S/C16H23N3S/c1-2-12-8-10-20-16(12)15(17)11-13-7-9-19(18-13)14-5-3-4-6-14/h7-10,14-15H,2-6,11,17H2,1H3. The van der Waals surface area contributed by atoms with Crippen molar-refractivity contribution < 1.29 is 0 Å². The van der Waals surface area contributed by atoms with Gasteiger partial charge in [0.05, 0.1) is 11.7 Å². The van der Waals surface area contributed by atoms with Crippen molar-refractivity contribution in [3.63, 3.8) is 0 Å². The van der Waals surface area contributed by atoms with Crippen LogP contribution in [-0.4, -0.2) is 9.78 Å². The topological polar surface area (TPSA) is 43.8 Å². The van der Waals surface area contributed by atoms with E-state index >= 15 is 0 Å². The summed E-state index contributed by atoms with van der Waals surface area (Å²) in [6.45, 7) is 2.19. The third kappa shape index (κ3) is 2.81. The highest BCUT2D eigenvalue weighted by atomic mass is 32.1. The van der Waals surface area contributed by atoms with Gasteiger partial charge in [0.25, 0.3) is 0 Å². The second kappa shape index (κ2) is 6.10. The summed E-state index contributed by atoms with van der Waals surface area (Å²) in [5.41, 5.74) is 8.88. The zero-order chi connectivity index (χ0) is 13.9. The van der Waals surface area contributed by atoms with Gasteiger partial charge < -0.3 is 5.73 Å². The third-order valence-electron chi connectivity index (χ3n) is 4.29. The number of aromatic nitrogens is 2. The van der Waals surface area contributed by atoms with Gasteiger partial charge in [0.15, 0.2) is 0 Å². The smallest absolute Gasteiger partial charge is 0.0643 e. The maximum absolute atomic E-state index is 6.37. The molecule has 0 bridgehead atoms. The maximum Gasteiger partial charge on any atom is 0.0643 e. The molecule has 0 spiro atoms. The van der Waals surface area contributed by atoms with Crippen molar-refractivity contribution in [1.82, 2.24) is 9.78 Å². The van der Waals surface area contributed by atoms with Crippen LogP contribution in [0, 0.1) is 0 Å². The first-order valence-electron chi connectivity index (χ1n) is 7.63. The Morgan fingerprint density at radius 1 is 1.40 bits per heavy atom. The molecule has 3 nitrogen and oxygen atoms in total. The second-order valence-electron chi connectivity index (χ2n) is 5.70. The van der Waals surface area contributed by atoms with E-state index in [4.69, 9.17) is 10.8 Å². The third-order valence-corrected chi connectivity index (χ3v) is 5.38. The van der Waals surface area contributed by atoms with Crippen LogP contribution in [0.2, 0.25) is 0 Å². The Balaban J connectivity index is 1.68. The molecule has 0 aromatic carbocycles. The van der Waals surface area contributed by atoms with Gasteiger partial charge in [-0.1, -0.05) is 19.8 Å². The van der Waals surface area contributed by atoms with E-state index in [9.17, 15) is 0 Å². The van der Waals surface area contributed by atoms with Gasteiger partial charge in [-0.3, -0.25) is 4.68 Å². The molecule has 0 saturated heterocycles. The van der Waals surface area contributed by atoms with Crippen molar-refractivity contribution in [2.75, 3.05) is 0 Å². The lowest BCUT2D eigenvalue weighted by molar-refractivity contribution is 0.461. The first-order chi connectivity index (χ1) is 9.78. The van der Waals surface area contributed by atoms with Gasteiger partial charge in [-0.2, -0.15) is 5.10 Å². The monoisotopic (exact) mass is 289 g/mol. The quantitative estimate of drug-likeness (QED) is 0.908. The van der Waals surface area contributed by atoms with E-state index in [0.29, 0.717) is 6.04 Å². The lowest BCUT2D eigenvalue weighted by Gasteiger charge is -2.11. The van der Waals surface area contributed by atoms with Crippen molar-refractivity contribution in [2.45, 2.75) is 57.5 Å². The van der Waals surface area contributed by atoms with E-state index in [1.807, 2.05) is 0 Å². The molecular weight excluding hydrogens is 266 g/mol. The Hall–Kier alpha value is -1.13. The van der Waals surface area contributed by atoms with Crippen LogP contribution in [-0.2, 0) is 12.8 Å². The SMILES string of the molecule is CCc1ccsc1C(N)Cc1ccn(C2CCCC2)n1. The molecular formula is C16H23N3S. The van der Waals surface area contributed by atoms with Crippen molar-refractivity contribution in [1.29, 1.82) is 0 Å². The predicted molar refractivity (Wildman–Crippen MR) is 84.1 cm³/mol. The highest BCUT2D eigenvalue weighted by molar-refractivity contribution is 7.10. The van der Waals surface area contributed by atoms with Gasteiger partial charge in [0, 0.05) is 23.5 Å². The van der Waals surface area contributed by atoms with Crippen molar-refractivity contribution in [3.05, 3.63) is 39.8 Å². The van der Waals surface area contributed by atoms with Gasteiger partial charge in [0.2, 0.25) is 0 Å². The minimum atomic E-state index is 0.0804. The highest BCUT2D eigenvalue weighted by Gasteiger charge is 2.19. The van der Waals surface area contributed by atoms with Gasteiger partial charge >= 0.3 is 0 Å². The fourth-order valence-corrected chi connectivity index (χ4v) is 4.14. The van der Waals surface area contributed by atoms with Crippen LogP contribution in [0.1, 0.15) is 60.8 Å². The molecule has 0 aliphatic heterocycles. The number of rotatable bonds is 5. The number of hydrogen-bond acceptors (Lipinski definition) is 3. The fourth-order valence-electron chi connectivity index (χ4n) is 3.14. The molecule has 20 heavy (non-hydrogen) atoms. The molecule has 1 saturated carbocycles. The number of nitrogens with zero attached hydrogens (tertiary/aromatic N) is 2. The largest absolute Gasteiger partial charge is 0.323 e. The minimum Gasteiger partial charge on any atom is -0.323 e. The molecule has 2 aromatic rings. The van der Waals surface area contributed by atoms with E-state index in [0.717, 1.165) is 18.5 Å². The molecule has 1 unspecified atom stereocenters. The van der Waals surface area contributed by atoms with Gasteiger partial charge in [-0.05, 0) is 42.3 Å². The van der Waals surface area contributed by atoms with Crippen molar-refractivity contribution in [2.24, 2.45) is 5.73 Å². The molecule has 3 rings (SSSR count). The molecule has 1 aliphatic rings. The minimum absolute atomic E-state index is 0.0804. The van der Waals surface area contributed by atoms with Gasteiger partial charge in [-0.25, -0.2) is 0 Å². The number of thiophene rings is 1. The van der Waals surface area contributed by atoms with Crippen LogP contribution >= 0.6 is 11.3 Å². The van der Waals surface area contributed by atoms with Crippen molar-refractivity contribution >= 4 is 11.3 Å². The molecule has 2 N–H and O–H groups in total. The Morgan fingerprint density at radius 2 is 2.20 bits per heavy atom. The lowest BCUT2D eigenvalue weighted by Crippen LogP contribution is -2.14. The molecule has 1 fully saturated rings. The van der Waals surface area contributed by atoms with E-state index in [1.165, 1.54) is 36.1 Å². The summed E-state index contributed by atoms with van der Waals surface area (Å²) in [5.74, 6) is 0. The average molecular weight is 289 g/mol. The number of hydrogen-bond donors (Lipinski definition) is 1. The Morgan fingerprint density at radius 3 is 2.95 bits per heavy atom. The lowest BCUT2D eigenvalue weighted by atomic mass is 10.1. The molecule has 1 aliphatic carbocycles. The Bertz CT molecular complexity index is 552. The molecule has 2 aromatic heterocycles. The molecule has 0 amide bonds. The zero-order valence-corrected chi connectivity index (χ0v) is 12.9. The first kappa shape index (κ1) is 13.8. The molecule has 1 atom stereocenters. The van der Waals surface area contributed by atoms with Crippen LogP contribution < -0.4 is 5.73 Å². The summed E-state index contributed by atoms with van der Waals surface area (Å²) >= 11 is 1.77. The molecule has 0 radical (unpaired) electrons. The van der Waals surface area contributed by atoms with E-state index in [2.05, 4.69) is 35.3 Å². The summed E-state index contributed by atoms with van der Waals surface area (Å²) in [6, 6.07) is 5.03. The van der Waals surface area contributed by atoms with E-state index < -0.39 is 0 Å². The fraction of sp³-hybridized carbons (Fsp3) is 0.562. The van der Waals surface area contributed by atoms with Gasteiger partial charge in [0.1, 0.15) is 0 Å². The van der Waals surface area contributed by atoms with Crippen molar-refractivity contribution in [3.8, 4) is 0 Å². The maximum atomic E-state index is 6.37.